The fourth-order valence-corrected chi connectivity index (χ4v) is 1.32. The highest BCUT2D eigenvalue weighted by Crippen LogP contribution is 2.29. The SMILES string of the molecule is COc1cc(OC)cc(-c2cnoc2)c1. The lowest BCUT2D eigenvalue weighted by Gasteiger charge is -2.06. The predicted octanol–water partition coefficient (Wildman–Crippen LogP) is 2.36. The summed E-state index contributed by atoms with van der Waals surface area (Å²) in [5, 5.41) is 3.65. The number of methoxy groups -OCH3 is 2. The number of nitrogens with zero attached hydrogens (tertiary/aromatic N) is 1. The molecule has 0 aliphatic rings. The van der Waals surface area contributed by atoms with Crippen molar-refractivity contribution in [3.05, 3.63) is 30.7 Å². The molecule has 0 bridgehead atoms. The first-order valence-electron chi connectivity index (χ1n) is 4.46. The number of aromatic nitrogens is 1. The summed E-state index contributed by atoms with van der Waals surface area (Å²) in [6, 6.07) is 5.61. The van der Waals surface area contributed by atoms with Gasteiger partial charge in [-0.15, -0.1) is 0 Å². The highest BCUT2D eigenvalue weighted by Gasteiger charge is 2.05. The Morgan fingerprint density at radius 2 is 1.67 bits per heavy atom. The molecule has 0 spiro atoms. The van der Waals surface area contributed by atoms with Crippen LogP contribution in [0.2, 0.25) is 0 Å². The Bertz CT molecular complexity index is 415. The van der Waals surface area contributed by atoms with Gasteiger partial charge < -0.3 is 14.0 Å². The van der Waals surface area contributed by atoms with Gasteiger partial charge in [0.2, 0.25) is 0 Å². The Balaban J connectivity index is 2.47. The molecule has 4 heteroatoms. The first-order chi connectivity index (χ1) is 7.33. The third-order valence-electron chi connectivity index (χ3n) is 2.12. The van der Waals surface area contributed by atoms with Gasteiger partial charge in [0.05, 0.1) is 20.4 Å². The van der Waals surface area contributed by atoms with Crippen LogP contribution in [-0.4, -0.2) is 19.4 Å². The van der Waals surface area contributed by atoms with Crippen molar-refractivity contribution in [3.8, 4) is 22.6 Å². The van der Waals surface area contributed by atoms with Crippen LogP contribution < -0.4 is 9.47 Å². The molecule has 4 nitrogen and oxygen atoms in total. The maximum atomic E-state index is 5.16. The van der Waals surface area contributed by atoms with Crippen LogP contribution in [0.5, 0.6) is 11.5 Å². The van der Waals surface area contributed by atoms with Gasteiger partial charge in [0, 0.05) is 11.6 Å². The third kappa shape index (κ3) is 1.93. The molecule has 1 aromatic heterocycles. The van der Waals surface area contributed by atoms with Gasteiger partial charge in [-0.05, 0) is 17.7 Å². The second-order valence-electron chi connectivity index (χ2n) is 3.01. The van der Waals surface area contributed by atoms with Crippen molar-refractivity contribution in [2.75, 3.05) is 14.2 Å². The maximum absolute atomic E-state index is 5.16. The summed E-state index contributed by atoms with van der Waals surface area (Å²) >= 11 is 0. The minimum absolute atomic E-state index is 0.741. The zero-order valence-electron chi connectivity index (χ0n) is 8.56. The van der Waals surface area contributed by atoms with E-state index < -0.39 is 0 Å². The second-order valence-corrected chi connectivity index (χ2v) is 3.01. The van der Waals surface area contributed by atoms with E-state index in [0.29, 0.717) is 0 Å². The molecule has 0 saturated heterocycles. The van der Waals surface area contributed by atoms with Crippen molar-refractivity contribution in [1.82, 2.24) is 5.16 Å². The fourth-order valence-electron chi connectivity index (χ4n) is 1.32. The monoisotopic (exact) mass is 205 g/mol. The summed E-state index contributed by atoms with van der Waals surface area (Å²) in [6.45, 7) is 0. The van der Waals surface area contributed by atoms with Crippen molar-refractivity contribution < 1.29 is 14.0 Å². The van der Waals surface area contributed by atoms with Crippen LogP contribution in [0.3, 0.4) is 0 Å². The van der Waals surface area contributed by atoms with Crippen molar-refractivity contribution in [2.24, 2.45) is 0 Å². The normalized spacial score (nSPS) is 10.0. The van der Waals surface area contributed by atoms with E-state index in [1.165, 1.54) is 0 Å². The second kappa shape index (κ2) is 4.04. The van der Waals surface area contributed by atoms with E-state index in [1.807, 2.05) is 18.2 Å². The summed E-state index contributed by atoms with van der Waals surface area (Å²) in [7, 11) is 3.23. The molecule has 1 heterocycles. The molecule has 0 amide bonds. The van der Waals surface area contributed by atoms with Gasteiger partial charge in [-0.2, -0.15) is 0 Å². The van der Waals surface area contributed by atoms with E-state index in [0.717, 1.165) is 22.6 Å². The molecule has 0 aliphatic heterocycles. The van der Waals surface area contributed by atoms with E-state index in [1.54, 1.807) is 26.7 Å². The molecule has 0 radical (unpaired) electrons. The molecule has 2 aromatic rings. The molecule has 0 N–H and O–H groups in total. The number of rotatable bonds is 3. The zero-order valence-corrected chi connectivity index (χ0v) is 8.56. The topological polar surface area (TPSA) is 44.5 Å². The summed E-state index contributed by atoms with van der Waals surface area (Å²) in [4.78, 5) is 0. The lowest BCUT2D eigenvalue weighted by atomic mass is 10.1. The minimum atomic E-state index is 0.741. The summed E-state index contributed by atoms with van der Waals surface area (Å²) in [6.07, 6.45) is 3.22. The average Bonchev–Trinajstić information content (AvgIpc) is 2.81. The highest BCUT2D eigenvalue weighted by molar-refractivity contribution is 5.65. The van der Waals surface area contributed by atoms with E-state index in [-0.39, 0.29) is 0 Å². The van der Waals surface area contributed by atoms with Crippen molar-refractivity contribution in [2.45, 2.75) is 0 Å². The summed E-state index contributed by atoms with van der Waals surface area (Å²) < 4.78 is 15.1. The Hall–Kier alpha value is -1.97. The molecular formula is C11H11NO3. The number of hydrogen-bond donors (Lipinski definition) is 0. The van der Waals surface area contributed by atoms with Crippen molar-refractivity contribution in [1.29, 1.82) is 0 Å². The van der Waals surface area contributed by atoms with Gasteiger partial charge in [-0.1, -0.05) is 5.16 Å². The standard InChI is InChI=1S/C11H11NO3/c1-13-10-3-8(4-11(5-10)14-2)9-6-12-15-7-9/h3-7H,1-2H3. The van der Waals surface area contributed by atoms with E-state index in [2.05, 4.69) is 5.16 Å². The Morgan fingerprint density at radius 3 is 2.13 bits per heavy atom. The molecular weight excluding hydrogens is 194 g/mol. The average molecular weight is 205 g/mol. The first-order valence-corrected chi connectivity index (χ1v) is 4.46. The lowest BCUT2D eigenvalue weighted by molar-refractivity contribution is 0.394. The maximum Gasteiger partial charge on any atom is 0.131 e. The molecule has 0 unspecified atom stereocenters. The number of ether oxygens (including phenoxy) is 2. The van der Waals surface area contributed by atoms with E-state index in [9.17, 15) is 0 Å². The summed E-state index contributed by atoms with van der Waals surface area (Å²) in [5.74, 6) is 1.48. The molecule has 15 heavy (non-hydrogen) atoms. The van der Waals surface area contributed by atoms with E-state index >= 15 is 0 Å². The van der Waals surface area contributed by atoms with Crippen LogP contribution >= 0.6 is 0 Å². The third-order valence-corrected chi connectivity index (χ3v) is 2.12. The number of benzene rings is 1. The Morgan fingerprint density at radius 1 is 1.00 bits per heavy atom. The molecule has 1 aromatic carbocycles. The fraction of sp³-hybridized carbons (Fsp3) is 0.182. The Labute approximate surface area is 87.4 Å². The van der Waals surface area contributed by atoms with Gasteiger partial charge in [0.15, 0.2) is 0 Å². The molecule has 0 saturated carbocycles. The van der Waals surface area contributed by atoms with Gasteiger partial charge in [-0.3, -0.25) is 0 Å². The molecule has 2 rings (SSSR count). The van der Waals surface area contributed by atoms with Crippen LogP contribution in [0.4, 0.5) is 0 Å². The van der Waals surface area contributed by atoms with Gasteiger partial charge in [0.1, 0.15) is 17.8 Å². The molecule has 78 valence electrons. The van der Waals surface area contributed by atoms with Crippen LogP contribution in [0, 0.1) is 0 Å². The smallest absolute Gasteiger partial charge is 0.131 e. The quantitative estimate of drug-likeness (QED) is 0.771. The largest absolute Gasteiger partial charge is 0.497 e. The van der Waals surface area contributed by atoms with Crippen LogP contribution in [0.25, 0.3) is 11.1 Å². The number of hydrogen-bond acceptors (Lipinski definition) is 4. The minimum Gasteiger partial charge on any atom is -0.497 e. The molecule has 0 atom stereocenters. The van der Waals surface area contributed by atoms with Crippen LogP contribution in [-0.2, 0) is 0 Å². The van der Waals surface area contributed by atoms with Gasteiger partial charge in [0.25, 0.3) is 0 Å². The molecule has 0 aliphatic carbocycles. The highest BCUT2D eigenvalue weighted by atomic mass is 16.5. The predicted molar refractivity (Wildman–Crippen MR) is 55.0 cm³/mol. The zero-order chi connectivity index (χ0) is 10.7. The van der Waals surface area contributed by atoms with Crippen molar-refractivity contribution >= 4 is 0 Å². The van der Waals surface area contributed by atoms with Gasteiger partial charge in [-0.25, -0.2) is 0 Å². The summed E-state index contributed by atoms with van der Waals surface area (Å²) in [5.41, 5.74) is 1.85. The first kappa shape index (κ1) is 9.58. The molecule has 0 fully saturated rings. The van der Waals surface area contributed by atoms with Gasteiger partial charge >= 0.3 is 0 Å². The van der Waals surface area contributed by atoms with E-state index in [4.69, 9.17) is 14.0 Å². The van der Waals surface area contributed by atoms with Crippen molar-refractivity contribution in [3.63, 3.8) is 0 Å². The van der Waals surface area contributed by atoms with Crippen LogP contribution in [0.15, 0.2) is 35.2 Å². The van der Waals surface area contributed by atoms with Crippen LogP contribution in [0.1, 0.15) is 0 Å². The lowest BCUT2D eigenvalue weighted by Crippen LogP contribution is -1.88. The Kier molecular flexibility index (Phi) is 2.58.